The van der Waals surface area contributed by atoms with E-state index in [4.69, 9.17) is 0 Å². The molecule has 2 aliphatic heterocycles. The molecule has 25 heavy (non-hydrogen) atoms. The second-order valence-corrected chi connectivity index (χ2v) is 8.38. The molecule has 1 N–H and O–H groups in total. The van der Waals surface area contributed by atoms with E-state index in [0.717, 1.165) is 31.5 Å². The molecule has 1 aromatic carbocycles. The van der Waals surface area contributed by atoms with Crippen LogP contribution in [-0.2, 0) is 4.79 Å². The lowest BCUT2D eigenvalue weighted by Crippen LogP contribution is -2.57. The van der Waals surface area contributed by atoms with Gasteiger partial charge in [-0.25, -0.2) is 0 Å². The fourth-order valence-corrected chi connectivity index (χ4v) is 4.91. The van der Waals surface area contributed by atoms with Crippen molar-refractivity contribution >= 4 is 5.91 Å². The number of benzene rings is 1. The Hall–Kier alpha value is -1.39. The van der Waals surface area contributed by atoms with Gasteiger partial charge in [-0.1, -0.05) is 29.3 Å². The van der Waals surface area contributed by atoms with Crippen LogP contribution in [-0.4, -0.2) is 52.5 Å². The summed E-state index contributed by atoms with van der Waals surface area (Å²) in [6.45, 7) is 6.87. The summed E-state index contributed by atoms with van der Waals surface area (Å²) in [6.07, 6.45) is 4.76. The first kappa shape index (κ1) is 17.0. The summed E-state index contributed by atoms with van der Waals surface area (Å²) in [5.74, 6) is 0.964. The van der Waals surface area contributed by atoms with Gasteiger partial charge in [0.2, 0.25) is 5.91 Å². The van der Waals surface area contributed by atoms with Crippen LogP contribution in [0.3, 0.4) is 0 Å². The predicted molar refractivity (Wildman–Crippen MR) is 98.3 cm³/mol. The molecule has 0 spiro atoms. The number of fused-ring (bicyclic) bond motifs is 1. The van der Waals surface area contributed by atoms with Crippen molar-refractivity contribution in [3.8, 4) is 0 Å². The molecule has 3 aliphatic rings. The fourth-order valence-electron chi connectivity index (χ4n) is 4.91. The normalized spacial score (nSPS) is 28.8. The lowest BCUT2D eigenvalue weighted by atomic mass is 9.83. The largest absolute Gasteiger partial charge is 0.387 e. The van der Waals surface area contributed by atoms with Crippen molar-refractivity contribution in [1.82, 2.24) is 9.80 Å². The van der Waals surface area contributed by atoms with Gasteiger partial charge < -0.3 is 10.0 Å². The first-order valence-corrected chi connectivity index (χ1v) is 9.81. The number of aryl methyl sites for hydroxylation is 2. The maximum atomic E-state index is 12.3. The molecule has 4 heteroatoms. The van der Waals surface area contributed by atoms with E-state index in [1.54, 1.807) is 0 Å². The highest BCUT2D eigenvalue weighted by Crippen LogP contribution is 2.39. The second-order valence-electron chi connectivity index (χ2n) is 8.38. The number of rotatable bonds is 4. The van der Waals surface area contributed by atoms with Crippen molar-refractivity contribution in [2.45, 2.75) is 64.1 Å². The molecule has 2 heterocycles. The van der Waals surface area contributed by atoms with Crippen molar-refractivity contribution in [2.75, 3.05) is 19.6 Å². The summed E-state index contributed by atoms with van der Waals surface area (Å²) in [4.78, 5) is 16.9. The van der Waals surface area contributed by atoms with Gasteiger partial charge in [0, 0.05) is 38.1 Å². The van der Waals surface area contributed by atoms with Gasteiger partial charge in [-0.2, -0.15) is 0 Å². The molecule has 136 valence electrons. The molecule has 3 fully saturated rings. The maximum Gasteiger partial charge on any atom is 0.223 e. The zero-order valence-electron chi connectivity index (χ0n) is 15.4. The lowest BCUT2D eigenvalue weighted by Gasteiger charge is -2.47. The number of aliphatic hydroxyl groups excluding tert-OH is 1. The molecule has 1 amide bonds. The number of aliphatic hydroxyl groups is 1. The third kappa shape index (κ3) is 3.61. The van der Waals surface area contributed by atoms with Crippen LogP contribution in [0.5, 0.6) is 0 Å². The lowest BCUT2D eigenvalue weighted by molar-refractivity contribution is -0.142. The average molecular weight is 342 g/mol. The number of carbonyl (C=O) groups is 1. The molecule has 3 unspecified atom stereocenters. The van der Waals surface area contributed by atoms with Crippen LogP contribution < -0.4 is 0 Å². The van der Waals surface area contributed by atoms with Crippen LogP contribution in [0.15, 0.2) is 18.2 Å². The smallest absolute Gasteiger partial charge is 0.223 e. The number of amides is 1. The highest BCUT2D eigenvalue weighted by Gasteiger charge is 2.45. The zero-order chi connectivity index (χ0) is 17.6. The Morgan fingerprint density at radius 3 is 2.52 bits per heavy atom. The van der Waals surface area contributed by atoms with Gasteiger partial charge in [-0.05, 0) is 51.0 Å². The first-order valence-electron chi connectivity index (χ1n) is 9.81. The van der Waals surface area contributed by atoms with E-state index in [1.807, 2.05) is 0 Å². The Bertz CT molecular complexity index is 635. The average Bonchev–Trinajstić information content (AvgIpc) is 3.38. The number of β-amino-alcohol motifs (C(OH)–C–C–N with tert-alkyl or cyclic N) is 1. The Labute approximate surface area is 150 Å². The number of carbonyl (C=O) groups excluding carboxylic acids is 1. The monoisotopic (exact) mass is 342 g/mol. The summed E-state index contributed by atoms with van der Waals surface area (Å²) in [5, 5.41) is 10.7. The highest BCUT2D eigenvalue weighted by molar-refractivity contribution is 5.78. The summed E-state index contributed by atoms with van der Waals surface area (Å²) < 4.78 is 0. The standard InChI is InChI=1S/C21H30N2O2/c1-14-9-15(2)11-17(10-14)20(24)13-22-8-7-19-16(12-22)3-6-21(25)23(19)18-4-5-18/h9-11,16,18-20,24H,3-8,12-13H2,1-2H3. The van der Waals surface area contributed by atoms with Gasteiger partial charge in [0.05, 0.1) is 6.10 Å². The Morgan fingerprint density at radius 1 is 1.12 bits per heavy atom. The molecule has 1 saturated carbocycles. The Kier molecular flexibility index (Phi) is 4.59. The number of likely N-dealkylation sites (tertiary alicyclic amines) is 2. The van der Waals surface area contributed by atoms with Crippen LogP contribution in [0.25, 0.3) is 0 Å². The van der Waals surface area contributed by atoms with Gasteiger partial charge in [-0.15, -0.1) is 0 Å². The second kappa shape index (κ2) is 6.73. The molecule has 4 nitrogen and oxygen atoms in total. The van der Waals surface area contributed by atoms with Gasteiger partial charge in [0.15, 0.2) is 0 Å². The molecule has 1 aliphatic carbocycles. The summed E-state index contributed by atoms with van der Waals surface area (Å²) >= 11 is 0. The molecule has 1 aromatic rings. The first-order chi connectivity index (χ1) is 12.0. The fraction of sp³-hybridized carbons (Fsp3) is 0.667. The van der Waals surface area contributed by atoms with Gasteiger partial charge in [0.25, 0.3) is 0 Å². The van der Waals surface area contributed by atoms with Crippen molar-refractivity contribution < 1.29 is 9.90 Å². The number of piperidine rings is 2. The zero-order valence-corrected chi connectivity index (χ0v) is 15.4. The summed E-state index contributed by atoms with van der Waals surface area (Å²) in [7, 11) is 0. The van der Waals surface area contributed by atoms with Crippen LogP contribution >= 0.6 is 0 Å². The highest BCUT2D eigenvalue weighted by atomic mass is 16.3. The van der Waals surface area contributed by atoms with Crippen LogP contribution in [0.1, 0.15) is 54.9 Å². The molecule has 0 aromatic heterocycles. The SMILES string of the molecule is Cc1cc(C)cc(C(O)CN2CCC3C(CCC(=O)N3C3CC3)C2)c1. The molecule has 2 saturated heterocycles. The summed E-state index contributed by atoms with van der Waals surface area (Å²) in [6, 6.07) is 7.32. The third-order valence-corrected chi connectivity index (χ3v) is 6.15. The van der Waals surface area contributed by atoms with Crippen molar-refractivity contribution in [2.24, 2.45) is 5.92 Å². The minimum absolute atomic E-state index is 0.382. The van der Waals surface area contributed by atoms with Crippen LogP contribution in [0.2, 0.25) is 0 Å². The summed E-state index contributed by atoms with van der Waals surface area (Å²) in [5.41, 5.74) is 3.44. The van der Waals surface area contributed by atoms with E-state index in [1.165, 1.54) is 24.0 Å². The topological polar surface area (TPSA) is 43.8 Å². The minimum atomic E-state index is -0.431. The van der Waals surface area contributed by atoms with Crippen molar-refractivity contribution in [3.63, 3.8) is 0 Å². The van der Waals surface area contributed by atoms with E-state index in [0.29, 0.717) is 36.9 Å². The van der Waals surface area contributed by atoms with Crippen molar-refractivity contribution in [3.05, 3.63) is 34.9 Å². The number of nitrogens with zero attached hydrogens (tertiary/aromatic N) is 2. The van der Waals surface area contributed by atoms with E-state index in [9.17, 15) is 9.90 Å². The predicted octanol–water partition coefficient (Wildman–Crippen LogP) is 2.81. The molecule has 4 rings (SSSR count). The third-order valence-electron chi connectivity index (χ3n) is 6.15. The van der Waals surface area contributed by atoms with Crippen LogP contribution in [0.4, 0.5) is 0 Å². The van der Waals surface area contributed by atoms with Gasteiger partial charge in [-0.3, -0.25) is 9.69 Å². The van der Waals surface area contributed by atoms with Gasteiger partial charge in [0.1, 0.15) is 0 Å². The molecular weight excluding hydrogens is 312 g/mol. The van der Waals surface area contributed by atoms with E-state index in [2.05, 4.69) is 41.8 Å². The quantitative estimate of drug-likeness (QED) is 0.915. The Morgan fingerprint density at radius 2 is 1.84 bits per heavy atom. The minimum Gasteiger partial charge on any atom is -0.387 e. The molecule has 3 atom stereocenters. The molecule has 0 bridgehead atoms. The maximum absolute atomic E-state index is 12.3. The van der Waals surface area contributed by atoms with E-state index >= 15 is 0 Å². The Balaban J connectivity index is 1.40. The number of hydrogen-bond donors (Lipinski definition) is 1. The van der Waals surface area contributed by atoms with Crippen LogP contribution in [0, 0.1) is 19.8 Å². The molecular formula is C21H30N2O2. The van der Waals surface area contributed by atoms with Crippen molar-refractivity contribution in [1.29, 1.82) is 0 Å². The van der Waals surface area contributed by atoms with E-state index in [-0.39, 0.29) is 0 Å². The number of hydrogen-bond acceptors (Lipinski definition) is 3. The van der Waals surface area contributed by atoms with Gasteiger partial charge >= 0.3 is 0 Å². The molecule has 0 radical (unpaired) electrons. The van der Waals surface area contributed by atoms with E-state index < -0.39 is 6.10 Å².